The van der Waals surface area contributed by atoms with Crippen molar-refractivity contribution in [2.24, 2.45) is 7.05 Å². The Bertz CT molecular complexity index is 795. The third-order valence-corrected chi connectivity index (χ3v) is 3.84. The van der Waals surface area contributed by atoms with Gasteiger partial charge in [0.15, 0.2) is 0 Å². The van der Waals surface area contributed by atoms with Crippen molar-refractivity contribution in [3.63, 3.8) is 0 Å². The predicted molar refractivity (Wildman–Crippen MR) is 84.8 cm³/mol. The molecule has 0 saturated carbocycles. The lowest BCUT2D eigenvalue weighted by Gasteiger charge is -2.08. The predicted octanol–water partition coefficient (Wildman–Crippen LogP) is 3.59. The van der Waals surface area contributed by atoms with Crippen molar-refractivity contribution in [2.75, 3.05) is 12.8 Å². The zero-order chi connectivity index (χ0) is 14.3. The molecule has 0 atom stereocenters. The summed E-state index contributed by atoms with van der Waals surface area (Å²) in [6.45, 7) is 0. The summed E-state index contributed by atoms with van der Waals surface area (Å²) < 4.78 is 8.23. The molecule has 0 amide bonds. The first kappa shape index (κ1) is 13.0. The molecule has 0 aliphatic carbocycles. The van der Waals surface area contributed by atoms with E-state index in [0.29, 0.717) is 5.69 Å². The van der Waals surface area contributed by atoms with E-state index in [0.717, 1.165) is 32.6 Å². The van der Waals surface area contributed by atoms with Gasteiger partial charge in [-0.1, -0.05) is 15.9 Å². The third-order valence-electron chi connectivity index (χ3n) is 3.34. The number of benzene rings is 2. The van der Waals surface area contributed by atoms with Gasteiger partial charge in [0, 0.05) is 28.8 Å². The largest absolute Gasteiger partial charge is 0.497 e. The quantitative estimate of drug-likeness (QED) is 0.730. The van der Waals surface area contributed by atoms with Crippen LogP contribution in [0.15, 0.2) is 40.9 Å². The lowest BCUT2D eigenvalue weighted by Crippen LogP contribution is -1.97. The van der Waals surface area contributed by atoms with Crippen LogP contribution in [0.3, 0.4) is 0 Å². The highest BCUT2D eigenvalue weighted by atomic mass is 79.9. The van der Waals surface area contributed by atoms with Crippen LogP contribution in [0, 0.1) is 0 Å². The molecular weight excluding hydrogens is 318 g/mol. The molecule has 0 fully saturated rings. The number of methoxy groups -OCH3 is 1. The number of aromatic nitrogens is 2. The van der Waals surface area contributed by atoms with E-state index in [4.69, 9.17) is 10.5 Å². The number of aryl methyl sites for hydroxylation is 1. The molecule has 102 valence electrons. The van der Waals surface area contributed by atoms with Crippen LogP contribution in [0.25, 0.3) is 22.4 Å². The molecule has 0 spiro atoms. The van der Waals surface area contributed by atoms with Crippen LogP contribution < -0.4 is 10.5 Å². The molecule has 1 heterocycles. The molecule has 20 heavy (non-hydrogen) atoms. The average Bonchev–Trinajstić information content (AvgIpc) is 2.75. The fraction of sp³-hybridized carbons (Fsp3) is 0.133. The number of halogens is 1. The number of imidazole rings is 1. The van der Waals surface area contributed by atoms with Crippen molar-refractivity contribution in [3.8, 4) is 17.1 Å². The van der Waals surface area contributed by atoms with Crippen LogP contribution in [0.1, 0.15) is 0 Å². The third kappa shape index (κ3) is 2.04. The zero-order valence-corrected chi connectivity index (χ0v) is 12.8. The first-order valence-electron chi connectivity index (χ1n) is 6.16. The maximum absolute atomic E-state index is 6.11. The average molecular weight is 332 g/mol. The highest BCUT2D eigenvalue weighted by Gasteiger charge is 2.13. The van der Waals surface area contributed by atoms with Crippen molar-refractivity contribution in [1.29, 1.82) is 0 Å². The van der Waals surface area contributed by atoms with Gasteiger partial charge in [-0.25, -0.2) is 4.98 Å². The Morgan fingerprint density at radius 1 is 1.20 bits per heavy atom. The molecule has 0 aliphatic rings. The lowest BCUT2D eigenvalue weighted by molar-refractivity contribution is 0.415. The molecular formula is C15H14BrN3O. The van der Waals surface area contributed by atoms with Gasteiger partial charge in [0.25, 0.3) is 0 Å². The van der Waals surface area contributed by atoms with Gasteiger partial charge in [-0.2, -0.15) is 0 Å². The Morgan fingerprint density at radius 2 is 2.00 bits per heavy atom. The molecule has 0 bridgehead atoms. The van der Waals surface area contributed by atoms with Crippen LogP contribution in [-0.4, -0.2) is 16.7 Å². The summed E-state index contributed by atoms with van der Waals surface area (Å²) >= 11 is 3.47. The molecule has 1 aromatic heterocycles. The number of hydrogen-bond acceptors (Lipinski definition) is 3. The Hall–Kier alpha value is -2.01. The molecule has 0 radical (unpaired) electrons. The number of fused-ring (bicyclic) bond motifs is 1. The van der Waals surface area contributed by atoms with Gasteiger partial charge in [0.2, 0.25) is 0 Å². The maximum atomic E-state index is 6.11. The molecule has 5 heteroatoms. The van der Waals surface area contributed by atoms with Crippen molar-refractivity contribution >= 4 is 32.7 Å². The van der Waals surface area contributed by atoms with Gasteiger partial charge in [-0.3, -0.25) is 0 Å². The fourth-order valence-corrected chi connectivity index (χ4v) is 2.63. The van der Waals surface area contributed by atoms with E-state index >= 15 is 0 Å². The van der Waals surface area contributed by atoms with Crippen LogP contribution in [-0.2, 0) is 7.05 Å². The molecule has 4 nitrogen and oxygen atoms in total. The number of nitrogen functional groups attached to an aromatic ring is 1. The standard InChI is InChI=1S/C15H14BrN3O/c1-19-14-6-3-9(16)7-13(14)18-15(19)11-5-4-10(20-2)8-12(11)17/h3-8H,17H2,1-2H3. The Kier molecular flexibility index (Phi) is 3.14. The Labute approximate surface area is 125 Å². The van der Waals surface area contributed by atoms with Crippen LogP contribution in [0.2, 0.25) is 0 Å². The minimum atomic E-state index is 0.654. The summed E-state index contributed by atoms with van der Waals surface area (Å²) in [5.41, 5.74) is 9.67. The summed E-state index contributed by atoms with van der Waals surface area (Å²) in [6, 6.07) is 11.7. The molecule has 3 aromatic rings. The summed E-state index contributed by atoms with van der Waals surface area (Å²) in [5, 5.41) is 0. The van der Waals surface area contributed by atoms with Gasteiger partial charge in [0.05, 0.1) is 18.1 Å². The van der Waals surface area contributed by atoms with E-state index in [-0.39, 0.29) is 0 Å². The van der Waals surface area contributed by atoms with E-state index in [1.165, 1.54) is 0 Å². The fourth-order valence-electron chi connectivity index (χ4n) is 2.29. The van der Waals surface area contributed by atoms with Gasteiger partial charge in [-0.15, -0.1) is 0 Å². The number of hydrogen-bond donors (Lipinski definition) is 1. The maximum Gasteiger partial charge on any atom is 0.142 e. The Morgan fingerprint density at radius 3 is 2.70 bits per heavy atom. The van der Waals surface area contributed by atoms with Gasteiger partial charge < -0.3 is 15.0 Å². The van der Waals surface area contributed by atoms with Crippen molar-refractivity contribution < 1.29 is 4.74 Å². The number of nitrogens with two attached hydrogens (primary N) is 1. The Balaban J connectivity index is 2.21. The number of ether oxygens (including phenoxy) is 1. The van der Waals surface area contributed by atoms with Crippen molar-refractivity contribution in [3.05, 3.63) is 40.9 Å². The summed E-state index contributed by atoms with van der Waals surface area (Å²) in [6.07, 6.45) is 0. The van der Waals surface area contributed by atoms with E-state index in [2.05, 4.69) is 20.9 Å². The number of anilines is 1. The second-order valence-electron chi connectivity index (χ2n) is 4.58. The van der Waals surface area contributed by atoms with Crippen molar-refractivity contribution in [2.45, 2.75) is 0 Å². The first-order chi connectivity index (χ1) is 9.60. The summed E-state index contributed by atoms with van der Waals surface area (Å²) in [4.78, 5) is 4.67. The van der Waals surface area contributed by atoms with Crippen LogP contribution in [0.5, 0.6) is 5.75 Å². The van der Waals surface area contributed by atoms with E-state index in [1.807, 2.05) is 48.0 Å². The summed E-state index contributed by atoms with van der Waals surface area (Å²) in [5.74, 6) is 1.59. The van der Waals surface area contributed by atoms with Crippen LogP contribution >= 0.6 is 15.9 Å². The second kappa shape index (κ2) is 4.83. The minimum Gasteiger partial charge on any atom is -0.497 e. The smallest absolute Gasteiger partial charge is 0.142 e. The van der Waals surface area contributed by atoms with E-state index in [1.54, 1.807) is 7.11 Å². The van der Waals surface area contributed by atoms with Crippen molar-refractivity contribution in [1.82, 2.24) is 9.55 Å². The number of rotatable bonds is 2. The van der Waals surface area contributed by atoms with Gasteiger partial charge in [-0.05, 0) is 30.3 Å². The normalized spacial score (nSPS) is 10.9. The lowest BCUT2D eigenvalue weighted by atomic mass is 10.1. The highest BCUT2D eigenvalue weighted by Crippen LogP contribution is 2.31. The molecule has 0 saturated heterocycles. The SMILES string of the molecule is COc1ccc(-c2nc3cc(Br)ccc3n2C)c(N)c1. The topological polar surface area (TPSA) is 53.1 Å². The number of nitrogens with zero attached hydrogens (tertiary/aromatic N) is 2. The molecule has 2 aromatic carbocycles. The first-order valence-corrected chi connectivity index (χ1v) is 6.95. The molecule has 3 rings (SSSR count). The summed E-state index contributed by atoms with van der Waals surface area (Å²) in [7, 11) is 3.61. The zero-order valence-electron chi connectivity index (χ0n) is 11.2. The van der Waals surface area contributed by atoms with Gasteiger partial charge >= 0.3 is 0 Å². The van der Waals surface area contributed by atoms with E-state index < -0.39 is 0 Å². The molecule has 2 N–H and O–H groups in total. The highest BCUT2D eigenvalue weighted by molar-refractivity contribution is 9.10. The van der Waals surface area contributed by atoms with Crippen LogP contribution in [0.4, 0.5) is 5.69 Å². The van der Waals surface area contributed by atoms with Gasteiger partial charge in [0.1, 0.15) is 11.6 Å². The van der Waals surface area contributed by atoms with E-state index in [9.17, 15) is 0 Å². The molecule has 0 unspecified atom stereocenters. The monoisotopic (exact) mass is 331 g/mol. The molecule has 0 aliphatic heterocycles. The minimum absolute atomic E-state index is 0.654. The second-order valence-corrected chi connectivity index (χ2v) is 5.50.